The van der Waals surface area contributed by atoms with E-state index in [2.05, 4.69) is 23.1 Å². The van der Waals surface area contributed by atoms with Crippen molar-refractivity contribution in [1.29, 1.82) is 5.26 Å². The second kappa shape index (κ2) is 8.27. The number of carbonyl (C=O) groups excluding carboxylic acids is 1. The molecule has 2 aliphatic rings. The highest BCUT2D eigenvalue weighted by atomic mass is 32.1. The lowest BCUT2D eigenvalue weighted by molar-refractivity contribution is 0.0773. The van der Waals surface area contributed by atoms with Gasteiger partial charge in [-0.15, -0.1) is 11.3 Å². The molecule has 4 rings (SSSR count). The van der Waals surface area contributed by atoms with Crippen LogP contribution >= 0.6 is 11.3 Å². The molecular formula is C23H28N4OS. The fourth-order valence-corrected chi connectivity index (χ4v) is 5.86. The number of fused-ring (bicyclic) bond motifs is 1. The topological polar surface area (TPSA) is 73.4 Å². The van der Waals surface area contributed by atoms with E-state index in [-0.39, 0.29) is 11.9 Å². The van der Waals surface area contributed by atoms with Crippen LogP contribution in [0.15, 0.2) is 30.3 Å². The number of aryl methyl sites for hydroxylation is 2. The molecule has 0 saturated carbocycles. The van der Waals surface area contributed by atoms with Gasteiger partial charge in [0.05, 0.1) is 11.1 Å². The lowest BCUT2D eigenvalue weighted by atomic mass is 10.0. The van der Waals surface area contributed by atoms with E-state index in [1.165, 1.54) is 5.56 Å². The van der Waals surface area contributed by atoms with Gasteiger partial charge in [0.25, 0.3) is 5.91 Å². The number of likely N-dealkylation sites (tertiary alicyclic amines) is 2. The van der Waals surface area contributed by atoms with Gasteiger partial charge in [-0.3, -0.25) is 4.79 Å². The van der Waals surface area contributed by atoms with Crippen LogP contribution in [-0.4, -0.2) is 48.4 Å². The molecule has 1 aromatic heterocycles. The van der Waals surface area contributed by atoms with Crippen LogP contribution < -0.4 is 5.73 Å². The first-order valence-electron chi connectivity index (χ1n) is 10.3. The Balaban J connectivity index is 1.32. The van der Waals surface area contributed by atoms with Crippen molar-refractivity contribution in [2.24, 2.45) is 17.6 Å². The van der Waals surface area contributed by atoms with E-state index in [9.17, 15) is 10.1 Å². The number of amides is 1. The molecule has 0 bridgehead atoms. The van der Waals surface area contributed by atoms with Crippen molar-refractivity contribution in [2.75, 3.05) is 32.7 Å². The summed E-state index contributed by atoms with van der Waals surface area (Å²) in [5.74, 6) is 1.09. The van der Waals surface area contributed by atoms with E-state index in [0.717, 1.165) is 48.9 Å². The Morgan fingerprint density at radius 1 is 1.17 bits per heavy atom. The van der Waals surface area contributed by atoms with Crippen molar-refractivity contribution in [2.45, 2.75) is 26.3 Å². The summed E-state index contributed by atoms with van der Waals surface area (Å²) in [6.45, 7) is 8.52. The maximum absolute atomic E-state index is 13.1. The Morgan fingerprint density at radius 3 is 2.45 bits per heavy atom. The molecule has 2 aliphatic heterocycles. The molecule has 0 aliphatic carbocycles. The normalized spacial score (nSPS) is 22.5. The van der Waals surface area contributed by atoms with Crippen LogP contribution in [0.4, 0.5) is 0 Å². The number of rotatable bonds is 5. The average molecular weight is 409 g/mol. The highest BCUT2D eigenvalue weighted by Gasteiger charge is 2.42. The monoisotopic (exact) mass is 408 g/mol. The lowest BCUT2D eigenvalue weighted by Gasteiger charge is -2.23. The standard InChI is InChI=1S/C23H28N4OS/c1-15-20(10-24)22(16(2)29-15)23(28)27-13-18-11-26(12-19(18)14-27)9-8-21(25)17-6-4-3-5-7-17/h3-7,18-19,21H,8-9,11-14,25H2,1-2H3/t18?,19?,21-/m0/s1. The summed E-state index contributed by atoms with van der Waals surface area (Å²) in [6.07, 6.45) is 0.949. The molecule has 6 heteroatoms. The number of thiophene rings is 1. The average Bonchev–Trinajstić information content (AvgIpc) is 3.36. The highest BCUT2D eigenvalue weighted by molar-refractivity contribution is 7.12. The minimum absolute atomic E-state index is 0.0375. The fourth-order valence-electron chi connectivity index (χ4n) is 4.86. The second-order valence-corrected chi connectivity index (χ2v) is 9.80. The van der Waals surface area contributed by atoms with Gasteiger partial charge < -0.3 is 15.5 Å². The van der Waals surface area contributed by atoms with Crippen LogP contribution in [0.2, 0.25) is 0 Å². The molecule has 29 heavy (non-hydrogen) atoms. The van der Waals surface area contributed by atoms with E-state index in [4.69, 9.17) is 5.73 Å². The zero-order valence-corrected chi connectivity index (χ0v) is 17.9. The third-order valence-corrected chi connectivity index (χ3v) is 7.44. The largest absolute Gasteiger partial charge is 0.338 e. The van der Waals surface area contributed by atoms with Crippen molar-refractivity contribution < 1.29 is 4.79 Å². The third-order valence-electron chi connectivity index (χ3n) is 6.42. The van der Waals surface area contributed by atoms with Crippen molar-refractivity contribution in [1.82, 2.24) is 9.80 Å². The third kappa shape index (κ3) is 3.95. The molecule has 2 aromatic rings. The van der Waals surface area contributed by atoms with Crippen LogP contribution in [-0.2, 0) is 0 Å². The molecule has 5 nitrogen and oxygen atoms in total. The zero-order valence-electron chi connectivity index (χ0n) is 17.1. The molecule has 1 amide bonds. The summed E-state index contributed by atoms with van der Waals surface area (Å²) in [6, 6.07) is 12.6. The number of hydrogen-bond donors (Lipinski definition) is 1. The van der Waals surface area contributed by atoms with Crippen molar-refractivity contribution >= 4 is 17.2 Å². The molecule has 2 saturated heterocycles. The number of hydrogen-bond acceptors (Lipinski definition) is 5. The lowest BCUT2D eigenvalue weighted by Crippen LogP contribution is -2.34. The van der Waals surface area contributed by atoms with Crippen molar-refractivity contribution in [3.8, 4) is 6.07 Å². The number of nitrogens with two attached hydrogens (primary N) is 1. The van der Waals surface area contributed by atoms with Gasteiger partial charge in [0.15, 0.2) is 0 Å². The first kappa shape index (κ1) is 20.1. The van der Waals surface area contributed by atoms with Crippen LogP contribution in [0.3, 0.4) is 0 Å². The molecule has 2 fully saturated rings. The van der Waals surface area contributed by atoms with Gasteiger partial charge >= 0.3 is 0 Å². The quantitative estimate of drug-likeness (QED) is 0.824. The van der Waals surface area contributed by atoms with Crippen LogP contribution in [0.1, 0.15) is 43.7 Å². The minimum Gasteiger partial charge on any atom is -0.338 e. The van der Waals surface area contributed by atoms with Gasteiger partial charge in [-0.05, 0) is 44.2 Å². The summed E-state index contributed by atoms with van der Waals surface area (Å²) in [7, 11) is 0. The number of carbonyl (C=O) groups is 1. The molecule has 0 radical (unpaired) electrons. The molecule has 2 unspecified atom stereocenters. The molecule has 2 N–H and O–H groups in total. The smallest absolute Gasteiger partial charge is 0.256 e. The highest BCUT2D eigenvalue weighted by Crippen LogP contribution is 2.34. The summed E-state index contributed by atoms with van der Waals surface area (Å²) in [5, 5.41) is 9.46. The fraction of sp³-hybridized carbons (Fsp3) is 0.478. The summed E-state index contributed by atoms with van der Waals surface area (Å²) >= 11 is 1.55. The number of benzene rings is 1. The van der Waals surface area contributed by atoms with E-state index in [0.29, 0.717) is 23.0 Å². The SMILES string of the molecule is Cc1sc(C)c(C(=O)N2CC3CN(CC[C@H](N)c4ccccc4)CC3C2)c1C#N. The molecular weight excluding hydrogens is 380 g/mol. The predicted molar refractivity (Wildman–Crippen MR) is 116 cm³/mol. The molecule has 0 spiro atoms. The van der Waals surface area contributed by atoms with Crippen molar-refractivity contribution in [3.63, 3.8) is 0 Å². The first-order chi connectivity index (χ1) is 14.0. The van der Waals surface area contributed by atoms with E-state index >= 15 is 0 Å². The molecule has 1 aromatic carbocycles. The Labute approximate surface area is 176 Å². The van der Waals surface area contributed by atoms with E-state index in [1.807, 2.05) is 36.9 Å². The summed E-state index contributed by atoms with van der Waals surface area (Å²) in [5.41, 5.74) is 8.73. The van der Waals surface area contributed by atoms with Gasteiger partial charge in [-0.1, -0.05) is 30.3 Å². The first-order valence-corrected chi connectivity index (χ1v) is 11.1. The van der Waals surface area contributed by atoms with Crippen LogP contribution in [0, 0.1) is 37.0 Å². The molecule has 3 heterocycles. The van der Waals surface area contributed by atoms with Crippen LogP contribution in [0.5, 0.6) is 0 Å². The Kier molecular flexibility index (Phi) is 5.73. The Bertz CT molecular complexity index is 918. The maximum Gasteiger partial charge on any atom is 0.256 e. The number of nitrogens with zero attached hydrogens (tertiary/aromatic N) is 3. The summed E-state index contributed by atoms with van der Waals surface area (Å²) in [4.78, 5) is 19.5. The van der Waals surface area contributed by atoms with E-state index in [1.54, 1.807) is 11.3 Å². The summed E-state index contributed by atoms with van der Waals surface area (Å²) < 4.78 is 0. The Hall–Kier alpha value is -2.20. The van der Waals surface area contributed by atoms with Gasteiger partial charge in [0, 0.05) is 42.0 Å². The molecule has 3 atom stereocenters. The van der Waals surface area contributed by atoms with Gasteiger partial charge in [-0.2, -0.15) is 5.26 Å². The zero-order chi connectivity index (χ0) is 20.5. The minimum atomic E-state index is 0.0375. The predicted octanol–water partition coefficient (Wildman–Crippen LogP) is 3.33. The maximum atomic E-state index is 13.1. The van der Waals surface area contributed by atoms with Crippen molar-refractivity contribution in [3.05, 3.63) is 56.8 Å². The van der Waals surface area contributed by atoms with Gasteiger partial charge in [-0.25, -0.2) is 0 Å². The van der Waals surface area contributed by atoms with Gasteiger partial charge in [0.1, 0.15) is 6.07 Å². The van der Waals surface area contributed by atoms with E-state index < -0.39 is 0 Å². The number of nitriles is 1. The Morgan fingerprint density at radius 2 is 1.83 bits per heavy atom. The molecule has 152 valence electrons. The van der Waals surface area contributed by atoms with Gasteiger partial charge in [0.2, 0.25) is 0 Å². The second-order valence-electron chi connectivity index (χ2n) is 8.37. The van der Waals surface area contributed by atoms with Crippen LogP contribution in [0.25, 0.3) is 0 Å².